The Hall–Kier alpha value is -3.13. The smallest absolute Gasteiger partial charge is 0.254 e. The quantitative estimate of drug-likeness (QED) is 0.773. The Morgan fingerprint density at radius 3 is 2.55 bits per heavy atom. The first-order chi connectivity index (χ1) is 13.9. The number of hydrogen-bond donors (Lipinski definition) is 1. The first-order valence-electron chi connectivity index (χ1n) is 8.79. The molecule has 0 saturated heterocycles. The van der Waals surface area contributed by atoms with Gasteiger partial charge in [-0.2, -0.15) is 0 Å². The molecule has 0 bridgehead atoms. The van der Waals surface area contributed by atoms with E-state index in [1.165, 1.54) is 26.2 Å². The van der Waals surface area contributed by atoms with Gasteiger partial charge in [-0.25, -0.2) is 0 Å². The fourth-order valence-corrected chi connectivity index (χ4v) is 3.04. The van der Waals surface area contributed by atoms with E-state index in [0.29, 0.717) is 52.5 Å². The maximum Gasteiger partial charge on any atom is 0.254 e. The highest BCUT2D eigenvalue weighted by Crippen LogP contribution is 2.40. The number of carbonyl (C=O) groups is 2. The van der Waals surface area contributed by atoms with Crippen LogP contribution in [0.1, 0.15) is 10.4 Å². The maximum atomic E-state index is 12.8. The molecule has 0 unspecified atom stereocenters. The average molecular weight is 421 g/mol. The molecule has 154 valence electrons. The summed E-state index contributed by atoms with van der Waals surface area (Å²) >= 11 is 5.97. The van der Waals surface area contributed by atoms with Gasteiger partial charge in [0, 0.05) is 17.6 Å². The van der Waals surface area contributed by atoms with Gasteiger partial charge in [-0.05, 0) is 30.3 Å². The molecule has 2 amide bonds. The highest BCUT2D eigenvalue weighted by atomic mass is 35.5. The summed E-state index contributed by atoms with van der Waals surface area (Å²) in [4.78, 5) is 26.5. The summed E-state index contributed by atoms with van der Waals surface area (Å²) in [6.45, 7) is 0.614. The van der Waals surface area contributed by atoms with E-state index in [-0.39, 0.29) is 12.5 Å². The second kappa shape index (κ2) is 8.91. The zero-order valence-corrected chi connectivity index (χ0v) is 17.0. The first-order valence-corrected chi connectivity index (χ1v) is 9.17. The van der Waals surface area contributed by atoms with Gasteiger partial charge in [0.15, 0.2) is 11.5 Å². The number of methoxy groups -OCH3 is 2. The molecule has 0 spiro atoms. The number of carbonyl (C=O) groups excluding carboxylic acids is 2. The Labute approximate surface area is 173 Å². The number of nitrogens with one attached hydrogen (secondary N) is 1. The zero-order valence-electron chi connectivity index (χ0n) is 16.3. The van der Waals surface area contributed by atoms with Crippen molar-refractivity contribution in [1.29, 1.82) is 0 Å². The van der Waals surface area contributed by atoms with Crippen LogP contribution in [0.5, 0.6) is 23.0 Å². The van der Waals surface area contributed by atoms with Gasteiger partial charge in [0.2, 0.25) is 11.7 Å². The average Bonchev–Trinajstić information content (AvgIpc) is 2.72. The molecule has 2 aromatic carbocycles. The SMILES string of the molecule is COc1ccc(Cl)cc1NC(=O)CN(C)C(=O)c1cc(OC)c2c(c1)OCCO2. The molecule has 0 radical (unpaired) electrons. The van der Waals surface area contributed by atoms with Crippen LogP contribution in [0.2, 0.25) is 5.02 Å². The second-order valence-electron chi connectivity index (χ2n) is 6.26. The van der Waals surface area contributed by atoms with Gasteiger partial charge in [0.05, 0.1) is 26.5 Å². The van der Waals surface area contributed by atoms with Crippen LogP contribution in [0, 0.1) is 0 Å². The lowest BCUT2D eigenvalue weighted by Crippen LogP contribution is -2.35. The number of fused-ring (bicyclic) bond motifs is 1. The zero-order chi connectivity index (χ0) is 21.0. The summed E-state index contributed by atoms with van der Waals surface area (Å²) in [7, 11) is 4.50. The highest BCUT2D eigenvalue weighted by molar-refractivity contribution is 6.31. The van der Waals surface area contributed by atoms with Crippen LogP contribution >= 0.6 is 11.6 Å². The lowest BCUT2D eigenvalue weighted by atomic mass is 10.1. The van der Waals surface area contributed by atoms with Crippen molar-refractivity contribution in [3.8, 4) is 23.0 Å². The second-order valence-corrected chi connectivity index (χ2v) is 6.69. The molecule has 1 N–H and O–H groups in total. The van der Waals surface area contributed by atoms with Crippen molar-refractivity contribution in [3.05, 3.63) is 40.9 Å². The van der Waals surface area contributed by atoms with Gasteiger partial charge in [-0.3, -0.25) is 9.59 Å². The van der Waals surface area contributed by atoms with Crippen molar-refractivity contribution in [2.45, 2.75) is 0 Å². The Bertz CT molecular complexity index is 916. The van der Waals surface area contributed by atoms with Crippen molar-refractivity contribution >= 4 is 29.1 Å². The molecule has 3 rings (SSSR count). The molecule has 0 aromatic heterocycles. The number of likely N-dealkylation sites (N-methyl/N-ethyl adjacent to an activating group) is 1. The topological polar surface area (TPSA) is 86.3 Å². The molecule has 2 aromatic rings. The third-order valence-electron chi connectivity index (χ3n) is 4.24. The normalized spacial score (nSPS) is 12.1. The maximum absolute atomic E-state index is 12.8. The van der Waals surface area contributed by atoms with Crippen LogP contribution in [0.15, 0.2) is 30.3 Å². The fraction of sp³-hybridized carbons (Fsp3) is 0.300. The number of halogens is 1. The van der Waals surface area contributed by atoms with Crippen molar-refractivity contribution in [1.82, 2.24) is 4.90 Å². The minimum atomic E-state index is -0.397. The number of hydrogen-bond acceptors (Lipinski definition) is 6. The van der Waals surface area contributed by atoms with Crippen LogP contribution in [0.3, 0.4) is 0 Å². The first kappa shape index (κ1) is 20.6. The van der Waals surface area contributed by atoms with E-state index in [0.717, 1.165) is 0 Å². The molecule has 1 aliphatic rings. The predicted octanol–water partition coefficient (Wildman–Crippen LogP) is 2.84. The minimum Gasteiger partial charge on any atom is -0.495 e. The molecular formula is C20H21ClN2O6. The molecule has 29 heavy (non-hydrogen) atoms. The van der Waals surface area contributed by atoms with E-state index in [9.17, 15) is 9.59 Å². The number of amides is 2. The van der Waals surface area contributed by atoms with E-state index in [1.54, 1.807) is 30.3 Å². The van der Waals surface area contributed by atoms with E-state index in [4.69, 9.17) is 30.5 Å². The molecule has 0 fully saturated rings. The van der Waals surface area contributed by atoms with Gasteiger partial charge >= 0.3 is 0 Å². The minimum absolute atomic E-state index is 0.175. The monoisotopic (exact) mass is 420 g/mol. The van der Waals surface area contributed by atoms with E-state index >= 15 is 0 Å². The largest absolute Gasteiger partial charge is 0.495 e. The molecule has 1 aliphatic heterocycles. The van der Waals surface area contributed by atoms with E-state index in [1.807, 2.05) is 0 Å². The summed E-state index contributed by atoms with van der Waals surface area (Å²) in [6, 6.07) is 8.01. The van der Waals surface area contributed by atoms with E-state index in [2.05, 4.69) is 5.32 Å². The van der Waals surface area contributed by atoms with Crippen LogP contribution in [-0.4, -0.2) is 57.7 Å². The number of ether oxygens (including phenoxy) is 4. The highest BCUT2D eigenvalue weighted by Gasteiger charge is 2.23. The van der Waals surface area contributed by atoms with Crippen molar-refractivity contribution < 1.29 is 28.5 Å². The van der Waals surface area contributed by atoms with Gasteiger partial charge < -0.3 is 29.2 Å². The van der Waals surface area contributed by atoms with Gasteiger partial charge in [-0.1, -0.05) is 11.6 Å². The van der Waals surface area contributed by atoms with E-state index < -0.39 is 5.91 Å². The number of anilines is 1. The number of nitrogens with zero attached hydrogens (tertiary/aromatic N) is 1. The third-order valence-corrected chi connectivity index (χ3v) is 4.47. The number of benzene rings is 2. The Morgan fingerprint density at radius 2 is 1.83 bits per heavy atom. The van der Waals surface area contributed by atoms with Gasteiger partial charge in [-0.15, -0.1) is 0 Å². The molecule has 0 aliphatic carbocycles. The summed E-state index contributed by atoms with van der Waals surface area (Å²) in [5.41, 5.74) is 0.744. The molecule has 8 nitrogen and oxygen atoms in total. The summed E-state index contributed by atoms with van der Waals surface area (Å²) in [5, 5.41) is 3.15. The molecule has 1 heterocycles. The van der Waals surface area contributed by atoms with Crippen molar-refractivity contribution in [2.24, 2.45) is 0 Å². The Balaban J connectivity index is 1.72. The van der Waals surface area contributed by atoms with Crippen molar-refractivity contribution in [2.75, 3.05) is 46.3 Å². The van der Waals surface area contributed by atoms with Crippen molar-refractivity contribution in [3.63, 3.8) is 0 Å². The van der Waals surface area contributed by atoms with Crippen LogP contribution in [-0.2, 0) is 4.79 Å². The van der Waals surface area contributed by atoms with Gasteiger partial charge in [0.1, 0.15) is 19.0 Å². The standard InChI is InChI=1S/C20H21ClN2O6/c1-23(11-18(24)22-14-10-13(21)4-5-15(14)26-2)20(25)12-8-16(27-3)19-17(9-12)28-6-7-29-19/h4-5,8-10H,6-7,11H2,1-3H3,(H,22,24). The lowest BCUT2D eigenvalue weighted by Gasteiger charge is -2.23. The molecule has 0 saturated carbocycles. The fourth-order valence-electron chi connectivity index (χ4n) is 2.87. The molecule has 0 atom stereocenters. The number of rotatable bonds is 6. The lowest BCUT2D eigenvalue weighted by molar-refractivity contribution is -0.116. The summed E-state index contributed by atoms with van der Waals surface area (Å²) in [5.74, 6) is 0.990. The van der Waals surface area contributed by atoms with Crippen LogP contribution in [0.4, 0.5) is 5.69 Å². The van der Waals surface area contributed by atoms with Crippen LogP contribution < -0.4 is 24.3 Å². The summed E-state index contributed by atoms with van der Waals surface area (Å²) in [6.07, 6.45) is 0. The molecular weight excluding hydrogens is 400 g/mol. The third kappa shape index (κ3) is 4.65. The Kier molecular flexibility index (Phi) is 6.33. The molecule has 9 heteroatoms. The van der Waals surface area contributed by atoms with Gasteiger partial charge in [0.25, 0.3) is 5.91 Å². The summed E-state index contributed by atoms with van der Waals surface area (Å²) < 4.78 is 21.6. The Morgan fingerprint density at radius 1 is 1.10 bits per heavy atom. The van der Waals surface area contributed by atoms with Crippen LogP contribution in [0.25, 0.3) is 0 Å². The predicted molar refractivity (Wildman–Crippen MR) is 108 cm³/mol.